The molecule has 5 heteroatoms. The molecular weight excluding hydrogens is 443 g/mol. The molecule has 0 saturated heterocycles. The molecule has 0 bridgehead atoms. The maximum absolute atomic E-state index is 12.0. The molecule has 1 rings (SSSR count). The summed E-state index contributed by atoms with van der Waals surface area (Å²) < 4.78 is 11.9. The Morgan fingerprint density at radius 3 is 1.96 bits per heavy atom. The molecule has 0 aliphatic rings. The van der Waals surface area contributed by atoms with E-state index in [-0.39, 0.29) is 18.5 Å². The molecule has 1 aromatic rings. The first-order chi connectivity index (χ1) is 11.7. The van der Waals surface area contributed by atoms with Gasteiger partial charge < -0.3 is 9.47 Å². The van der Waals surface area contributed by atoms with Crippen LogP contribution >= 0.6 is 22.6 Å². The van der Waals surface area contributed by atoms with Gasteiger partial charge in [0, 0.05) is 15.6 Å². The van der Waals surface area contributed by atoms with Gasteiger partial charge in [-0.15, -0.1) is 0 Å². The maximum Gasteiger partial charge on any atom is 0.311 e. The Balaban J connectivity index is 2.84. The minimum absolute atomic E-state index is 0.187. The highest BCUT2D eigenvalue weighted by atomic mass is 127. The van der Waals surface area contributed by atoms with Crippen LogP contribution in [0, 0.1) is 28.2 Å². The highest BCUT2D eigenvalue weighted by molar-refractivity contribution is 14.1. The first-order valence-electron chi connectivity index (χ1n) is 8.87. The molecule has 0 spiro atoms. The van der Waals surface area contributed by atoms with Crippen LogP contribution in [0.2, 0.25) is 0 Å². The summed E-state index contributed by atoms with van der Waals surface area (Å²) in [6.45, 7) is 15.8. The summed E-state index contributed by atoms with van der Waals surface area (Å²) in [6, 6.07) is 2.06. The molecule has 0 amide bonds. The lowest BCUT2D eigenvalue weighted by molar-refractivity contribution is -0.154. The van der Waals surface area contributed by atoms with Crippen molar-refractivity contribution in [2.24, 2.45) is 10.8 Å². The van der Waals surface area contributed by atoms with Crippen LogP contribution in [0.1, 0.15) is 63.8 Å². The van der Waals surface area contributed by atoms with Crippen LogP contribution in [0.4, 0.5) is 0 Å². The Morgan fingerprint density at radius 2 is 1.46 bits per heavy atom. The molecule has 0 saturated carbocycles. The number of ether oxygens (including phenoxy) is 2. The van der Waals surface area contributed by atoms with E-state index in [1.165, 1.54) is 5.56 Å². The fraction of sp³-hybridized carbons (Fsp3) is 0.619. The van der Waals surface area contributed by atoms with Crippen LogP contribution in [0.3, 0.4) is 0 Å². The van der Waals surface area contributed by atoms with Gasteiger partial charge in [-0.1, -0.05) is 6.07 Å². The number of rotatable bonds is 5. The number of benzene rings is 1. The van der Waals surface area contributed by atoms with Crippen molar-refractivity contribution < 1.29 is 19.1 Å². The van der Waals surface area contributed by atoms with Crippen LogP contribution in [0.25, 0.3) is 0 Å². The van der Waals surface area contributed by atoms with Crippen molar-refractivity contribution >= 4 is 34.5 Å². The van der Waals surface area contributed by atoms with E-state index in [4.69, 9.17) is 9.47 Å². The molecule has 0 fully saturated rings. The van der Waals surface area contributed by atoms with Gasteiger partial charge in [0.05, 0.1) is 17.4 Å². The SMILES string of the molecule is Cc1cc(COC(=O)C(C)(C)C)c(I)c(C)c1CCOC(=O)C(C)(C)C. The Bertz CT molecular complexity index is 679. The summed E-state index contributed by atoms with van der Waals surface area (Å²) in [4.78, 5) is 23.9. The number of carbonyl (C=O) groups excluding carboxylic acids is 2. The first-order valence-corrected chi connectivity index (χ1v) is 9.95. The number of hydrogen-bond donors (Lipinski definition) is 0. The predicted molar refractivity (Wildman–Crippen MR) is 112 cm³/mol. The zero-order valence-electron chi connectivity index (χ0n) is 17.2. The average Bonchev–Trinajstić information content (AvgIpc) is 2.50. The van der Waals surface area contributed by atoms with Gasteiger partial charge in [0.25, 0.3) is 0 Å². The molecule has 0 aliphatic heterocycles. The third kappa shape index (κ3) is 6.25. The highest BCUT2D eigenvalue weighted by Crippen LogP contribution is 2.27. The molecule has 0 unspecified atom stereocenters. The lowest BCUT2D eigenvalue weighted by Gasteiger charge is -2.20. The van der Waals surface area contributed by atoms with Gasteiger partial charge in [-0.3, -0.25) is 9.59 Å². The molecule has 26 heavy (non-hydrogen) atoms. The molecule has 0 aliphatic carbocycles. The van der Waals surface area contributed by atoms with Gasteiger partial charge in [0.2, 0.25) is 0 Å². The molecule has 1 aromatic carbocycles. The number of halogens is 1. The van der Waals surface area contributed by atoms with Crippen LogP contribution < -0.4 is 0 Å². The summed E-state index contributed by atoms with van der Waals surface area (Å²) >= 11 is 2.29. The van der Waals surface area contributed by atoms with Crippen molar-refractivity contribution in [1.82, 2.24) is 0 Å². The molecule has 4 nitrogen and oxygen atoms in total. The molecule has 0 radical (unpaired) electrons. The summed E-state index contributed by atoms with van der Waals surface area (Å²) in [5.41, 5.74) is 3.47. The smallest absolute Gasteiger partial charge is 0.311 e. The third-order valence-electron chi connectivity index (χ3n) is 4.10. The third-order valence-corrected chi connectivity index (χ3v) is 5.60. The van der Waals surface area contributed by atoms with Gasteiger partial charge in [-0.25, -0.2) is 0 Å². The standard InChI is InChI=1S/C21H31IO4/c1-13-11-15(12-26-19(24)21(6,7)8)17(22)14(2)16(13)9-10-25-18(23)20(3,4)5/h11H,9-10,12H2,1-8H3. The van der Waals surface area contributed by atoms with E-state index in [9.17, 15) is 9.59 Å². The van der Waals surface area contributed by atoms with E-state index < -0.39 is 10.8 Å². The van der Waals surface area contributed by atoms with Gasteiger partial charge in [0.15, 0.2) is 0 Å². The van der Waals surface area contributed by atoms with Crippen molar-refractivity contribution in [2.75, 3.05) is 6.61 Å². The van der Waals surface area contributed by atoms with Crippen molar-refractivity contribution in [1.29, 1.82) is 0 Å². The van der Waals surface area contributed by atoms with Crippen molar-refractivity contribution in [2.45, 2.75) is 68.4 Å². The van der Waals surface area contributed by atoms with Crippen LogP contribution in [0.15, 0.2) is 6.07 Å². The second-order valence-corrected chi connectivity index (χ2v) is 9.81. The van der Waals surface area contributed by atoms with E-state index in [1.807, 2.05) is 48.5 Å². The van der Waals surface area contributed by atoms with Crippen LogP contribution in [-0.4, -0.2) is 18.5 Å². The highest BCUT2D eigenvalue weighted by Gasteiger charge is 2.24. The fourth-order valence-corrected chi connectivity index (χ4v) is 3.03. The minimum atomic E-state index is -0.508. The molecule has 0 heterocycles. The lowest BCUT2D eigenvalue weighted by atomic mass is 9.96. The molecular formula is C21H31IO4. The summed E-state index contributed by atoms with van der Waals surface area (Å²) in [7, 11) is 0. The van der Waals surface area contributed by atoms with Crippen LogP contribution in [0.5, 0.6) is 0 Å². The second-order valence-electron chi connectivity index (χ2n) is 8.73. The summed E-state index contributed by atoms with van der Waals surface area (Å²) in [6.07, 6.45) is 0.678. The van der Waals surface area contributed by atoms with E-state index in [0.29, 0.717) is 13.0 Å². The average molecular weight is 474 g/mol. The van der Waals surface area contributed by atoms with Crippen molar-refractivity contribution in [3.05, 3.63) is 31.9 Å². The first kappa shape index (κ1) is 22.9. The lowest BCUT2D eigenvalue weighted by Crippen LogP contribution is -2.24. The normalized spacial score (nSPS) is 12.0. The summed E-state index contributed by atoms with van der Waals surface area (Å²) in [5, 5.41) is 0. The predicted octanol–water partition coefficient (Wildman–Crippen LogP) is 5.13. The minimum Gasteiger partial charge on any atom is -0.465 e. The quantitative estimate of drug-likeness (QED) is 0.439. The Labute approximate surface area is 171 Å². The number of carbonyl (C=O) groups is 2. The number of hydrogen-bond acceptors (Lipinski definition) is 4. The molecule has 0 atom stereocenters. The van der Waals surface area contributed by atoms with E-state index >= 15 is 0 Å². The van der Waals surface area contributed by atoms with Crippen LogP contribution in [-0.2, 0) is 32.1 Å². The Kier molecular flexibility index (Phi) is 7.69. The van der Waals surface area contributed by atoms with Gasteiger partial charge in [-0.05, 0) is 94.7 Å². The fourth-order valence-electron chi connectivity index (χ4n) is 2.39. The van der Waals surface area contributed by atoms with Crippen molar-refractivity contribution in [3.63, 3.8) is 0 Å². The van der Waals surface area contributed by atoms with E-state index in [1.54, 1.807) is 0 Å². The van der Waals surface area contributed by atoms with Crippen molar-refractivity contribution in [3.8, 4) is 0 Å². The Hall–Kier alpha value is -1.11. The Morgan fingerprint density at radius 1 is 0.962 bits per heavy atom. The maximum atomic E-state index is 12.0. The topological polar surface area (TPSA) is 52.6 Å². The van der Waals surface area contributed by atoms with E-state index in [0.717, 1.165) is 20.3 Å². The summed E-state index contributed by atoms with van der Waals surface area (Å²) in [5.74, 6) is -0.394. The van der Waals surface area contributed by atoms with Gasteiger partial charge in [-0.2, -0.15) is 0 Å². The second kappa shape index (κ2) is 8.72. The largest absolute Gasteiger partial charge is 0.465 e. The van der Waals surface area contributed by atoms with E-state index in [2.05, 4.69) is 35.6 Å². The monoisotopic (exact) mass is 474 g/mol. The molecule has 146 valence electrons. The van der Waals surface area contributed by atoms with Gasteiger partial charge in [0.1, 0.15) is 6.61 Å². The van der Waals surface area contributed by atoms with Gasteiger partial charge >= 0.3 is 11.9 Å². The zero-order valence-corrected chi connectivity index (χ0v) is 19.4. The molecule has 0 aromatic heterocycles. The molecule has 0 N–H and O–H groups in total. The number of aryl methyl sites for hydroxylation is 1. The zero-order chi connectivity index (χ0) is 20.3. The number of esters is 2.